The summed E-state index contributed by atoms with van der Waals surface area (Å²) in [6.07, 6.45) is 1.35. The maximum absolute atomic E-state index is 12.1. The Labute approximate surface area is 123 Å². The lowest BCUT2D eigenvalue weighted by Gasteiger charge is -2.20. The van der Waals surface area contributed by atoms with E-state index in [0.717, 1.165) is 22.9 Å². The van der Waals surface area contributed by atoms with Crippen molar-refractivity contribution in [2.24, 2.45) is 5.92 Å². The smallest absolute Gasteiger partial charge is 0.252 e. The zero-order valence-electron chi connectivity index (χ0n) is 11.7. The summed E-state index contributed by atoms with van der Waals surface area (Å²) in [5.74, 6) is 0.0850. The molecule has 0 spiro atoms. The van der Waals surface area contributed by atoms with Crippen LogP contribution in [0.15, 0.2) is 22.7 Å². The van der Waals surface area contributed by atoms with Crippen LogP contribution in [-0.2, 0) is 0 Å². The first-order valence-corrected chi connectivity index (χ1v) is 7.51. The maximum atomic E-state index is 12.1. The van der Waals surface area contributed by atoms with Gasteiger partial charge in [-0.25, -0.2) is 0 Å². The molecular formula is C15H22BrNO2. The molecule has 0 aliphatic carbocycles. The van der Waals surface area contributed by atoms with Gasteiger partial charge in [-0.1, -0.05) is 38.8 Å². The van der Waals surface area contributed by atoms with Crippen molar-refractivity contribution in [1.29, 1.82) is 0 Å². The van der Waals surface area contributed by atoms with Gasteiger partial charge in [-0.3, -0.25) is 4.79 Å². The van der Waals surface area contributed by atoms with Gasteiger partial charge in [0.2, 0.25) is 0 Å². The normalized spacial score (nSPS) is 12.5. The van der Waals surface area contributed by atoms with Crippen molar-refractivity contribution in [3.05, 3.63) is 33.8 Å². The molecule has 0 aliphatic rings. The topological polar surface area (TPSA) is 49.3 Å². The van der Waals surface area contributed by atoms with E-state index in [-0.39, 0.29) is 11.8 Å². The minimum absolute atomic E-state index is 0.152. The van der Waals surface area contributed by atoms with E-state index in [4.69, 9.17) is 0 Å². The predicted octanol–water partition coefficient (Wildman–Crippen LogP) is 3.28. The Morgan fingerprint density at radius 3 is 2.58 bits per heavy atom. The average Bonchev–Trinajstić information content (AvgIpc) is 2.40. The third-order valence-electron chi connectivity index (χ3n) is 3.50. The highest BCUT2D eigenvalue weighted by atomic mass is 79.9. The van der Waals surface area contributed by atoms with E-state index in [1.165, 1.54) is 0 Å². The summed E-state index contributed by atoms with van der Waals surface area (Å²) in [4.78, 5) is 12.1. The van der Waals surface area contributed by atoms with Gasteiger partial charge in [0.25, 0.3) is 5.91 Å². The Morgan fingerprint density at radius 1 is 1.37 bits per heavy atom. The van der Waals surface area contributed by atoms with Gasteiger partial charge < -0.3 is 10.4 Å². The van der Waals surface area contributed by atoms with Gasteiger partial charge in [0, 0.05) is 11.0 Å². The van der Waals surface area contributed by atoms with Crippen LogP contribution >= 0.6 is 15.9 Å². The van der Waals surface area contributed by atoms with Gasteiger partial charge in [0.05, 0.1) is 11.7 Å². The molecule has 1 aromatic rings. The van der Waals surface area contributed by atoms with Crippen LogP contribution in [0.2, 0.25) is 0 Å². The van der Waals surface area contributed by atoms with Crippen LogP contribution in [0.1, 0.15) is 42.6 Å². The Hall–Kier alpha value is -0.870. The number of aliphatic hydroxyl groups is 1. The third kappa shape index (κ3) is 4.32. The molecule has 0 aromatic heterocycles. The zero-order chi connectivity index (χ0) is 14.4. The van der Waals surface area contributed by atoms with Gasteiger partial charge in [-0.2, -0.15) is 0 Å². The van der Waals surface area contributed by atoms with E-state index in [9.17, 15) is 9.90 Å². The van der Waals surface area contributed by atoms with E-state index < -0.39 is 6.10 Å². The molecule has 2 N–H and O–H groups in total. The minimum Gasteiger partial charge on any atom is -0.391 e. The summed E-state index contributed by atoms with van der Waals surface area (Å²) in [5, 5.41) is 12.8. The standard InChI is InChI=1S/C15H22BrNO2/c1-4-11(5-2)13(18)9-17-15(19)12-8-6-7-10(3)14(12)16/h6-8,11,13,18H,4-5,9H2,1-3H3,(H,17,19). The molecule has 1 rings (SSSR count). The van der Waals surface area contributed by atoms with Crippen molar-refractivity contribution in [3.63, 3.8) is 0 Å². The van der Waals surface area contributed by atoms with Crippen LogP contribution in [-0.4, -0.2) is 23.7 Å². The lowest BCUT2D eigenvalue weighted by molar-refractivity contribution is 0.0816. The van der Waals surface area contributed by atoms with Crippen LogP contribution in [0.3, 0.4) is 0 Å². The highest BCUT2D eigenvalue weighted by Gasteiger charge is 2.17. The second-order valence-corrected chi connectivity index (χ2v) is 5.58. The summed E-state index contributed by atoms with van der Waals surface area (Å²) >= 11 is 3.42. The van der Waals surface area contributed by atoms with Gasteiger partial charge in [-0.05, 0) is 40.4 Å². The van der Waals surface area contributed by atoms with Crippen molar-refractivity contribution in [1.82, 2.24) is 5.32 Å². The Bertz CT molecular complexity index is 430. The number of rotatable bonds is 6. The van der Waals surface area contributed by atoms with Gasteiger partial charge >= 0.3 is 0 Å². The Balaban J connectivity index is 2.63. The molecule has 1 atom stereocenters. The average molecular weight is 328 g/mol. The maximum Gasteiger partial charge on any atom is 0.252 e. The number of carbonyl (C=O) groups is 1. The Kier molecular flexibility index (Phi) is 6.52. The number of hydrogen-bond donors (Lipinski definition) is 2. The summed E-state index contributed by atoms with van der Waals surface area (Å²) in [5.41, 5.74) is 1.63. The second-order valence-electron chi connectivity index (χ2n) is 4.79. The van der Waals surface area contributed by atoms with E-state index in [1.807, 2.05) is 19.1 Å². The largest absolute Gasteiger partial charge is 0.391 e. The van der Waals surface area contributed by atoms with Gasteiger partial charge in [0.15, 0.2) is 0 Å². The summed E-state index contributed by atoms with van der Waals surface area (Å²) in [6.45, 7) is 6.35. The van der Waals surface area contributed by atoms with Gasteiger partial charge in [0.1, 0.15) is 0 Å². The zero-order valence-corrected chi connectivity index (χ0v) is 13.3. The molecule has 0 fully saturated rings. The molecule has 1 amide bonds. The van der Waals surface area contributed by atoms with Crippen molar-refractivity contribution in [3.8, 4) is 0 Å². The van der Waals surface area contributed by atoms with Crippen LogP contribution in [0.25, 0.3) is 0 Å². The summed E-state index contributed by atoms with van der Waals surface area (Å²) in [6, 6.07) is 5.57. The monoisotopic (exact) mass is 327 g/mol. The van der Waals surface area contributed by atoms with Crippen LogP contribution in [0.4, 0.5) is 0 Å². The van der Waals surface area contributed by atoms with E-state index in [0.29, 0.717) is 12.1 Å². The fourth-order valence-corrected chi connectivity index (χ4v) is 2.56. The fraction of sp³-hybridized carbons (Fsp3) is 0.533. The molecule has 106 valence electrons. The first-order valence-electron chi connectivity index (χ1n) is 6.72. The molecule has 0 aliphatic heterocycles. The van der Waals surface area contributed by atoms with Crippen molar-refractivity contribution in [2.75, 3.05) is 6.54 Å². The molecule has 3 nitrogen and oxygen atoms in total. The van der Waals surface area contributed by atoms with Crippen molar-refractivity contribution in [2.45, 2.75) is 39.7 Å². The van der Waals surface area contributed by atoms with E-state index in [2.05, 4.69) is 35.1 Å². The van der Waals surface area contributed by atoms with E-state index >= 15 is 0 Å². The molecular weight excluding hydrogens is 306 g/mol. The molecule has 0 saturated carbocycles. The number of aryl methyl sites for hydroxylation is 1. The van der Waals surface area contributed by atoms with E-state index in [1.54, 1.807) is 6.07 Å². The molecule has 0 heterocycles. The predicted molar refractivity (Wildman–Crippen MR) is 81.3 cm³/mol. The number of amides is 1. The number of aliphatic hydroxyl groups excluding tert-OH is 1. The number of carbonyl (C=O) groups excluding carboxylic acids is 1. The minimum atomic E-state index is -0.484. The summed E-state index contributed by atoms with van der Waals surface area (Å²) in [7, 11) is 0. The Morgan fingerprint density at radius 2 is 2.00 bits per heavy atom. The highest BCUT2D eigenvalue weighted by molar-refractivity contribution is 9.10. The van der Waals surface area contributed by atoms with Crippen LogP contribution in [0, 0.1) is 12.8 Å². The number of halogens is 1. The lowest BCUT2D eigenvalue weighted by Crippen LogP contribution is -2.36. The third-order valence-corrected chi connectivity index (χ3v) is 4.55. The molecule has 0 bridgehead atoms. The number of nitrogens with one attached hydrogen (secondary N) is 1. The first kappa shape index (κ1) is 16.2. The fourth-order valence-electron chi connectivity index (χ4n) is 2.11. The van der Waals surface area contributed by atoms with Gasteiger partial charge in [-0.15, -0.1) is 0 Å². The molecule has 19 heavy (non-hydrogen) atoms. The van der Waals surface area contributed by atoms with Crippen LogP contribution in [0.5, 0.6) is 0 Å². The molecule has 1 aromatic carbocycles. The number of hydrogen-bond acceptors (Lipinski definition) is 2. The van der Waals surface area contributed by atoms with Crippen LogP contribution < -0.4 is 5.32 Å². The van der Waals surface area contributed by atoms with Crippen molar-refractivity contribution >= 4 is 21.8 Å². The number of benzene rings is 1. The first-order chi connectivity index (χ1) is 9.01. The second kappa shape index (κ2) is 7.65. The molecule has 0 radical (unpaired) electrons. The quantitative estimate of drug-likeness (QED) is 0.842. The SMILES string of the molecule is CCC(CC)C(O)CNC(=O)c1cccc(C)c1Br. The molecule has 1 unspecified atom stereocenters. The molecule has 4 heteroatoms. The van der Waals surface area contributed by atoms with Crippen molar-refractivity contribution < 1.29 is 9.90 Å². The summed E-state index contributed by atoms with van der Waals surface area (Å²) < 4.78 is 0.810. The lowest BCUT2D eigenvalue weighted by atomic mass is 9.96. The molecule has 0 saturated heterocycles. The highest BCUT2D eigenvalue weighted by Crippen LogP contribution is 2.21.